The van der Waals surface area contributed by atoms with Crippen molar-refractivity contribution in [3.8, 4) is 5.75 Å². The Bertz CT molecular complexity index is 626. The molecule has 0 spiro atoms. The van der Waals surface area contributed by atoms with Gasteiger partial charge in [-0.05, 0) is 37.0 Å². The van der Waals surface area contributed by atoms with Crippen molar-refractivity contribution >= 4 is 22.3 Å². The standard InChI is InChI=1S/C15H16N2O2S/c1-9-14(10(2)18)15(20-17-9)16-8-12-7-11-5-3-4-6-13(11)19-12/h3-6,12,16H,7-8H2,1-2H3. The van der Waals surface area contributed by atoms with Crippen LogP contribution in [0, 0.1) is 6.92 Å². The normalized spacial score (nSPS) is 16.6. The van der Waals surface area contributed by atoms with E-state index < -0.39 is 0 Å². The largest absolute Gasteiger partial charge is 0.488 e. The van der Waals surface area contributed by atoms with Crippen molar-refractivity contribution in [2.75, 3.05) is 11.9 Å². The number of anilines is 1. The number of hydrogen-bond donors (Lipinski definition) is 1. The van der Waals surface area contributed by atoms with Gasteiger partial charge < -0.3 is 10.1 Å². The lowest BCUT2D eigenvalue weighted by Gasteiger charge is -2.12. The second-order valence-electron chi connectivity index (χ2n) is 4.96. The number of ether oxygens (including phenoxy) is 1. The number of ketones is 1. The molecule has 0 saturated carbocycles. The maximum Gasteiger partial charge on any atom is 0.164 e. The Kier molecular flexibility index (Phi) is 3.44. The Labute approximate surface area is 121 Å². The van der Waals surface area contributed by atoms with E-state index in [9.17, 15) is 4.79 Å². The zero-order valence-corrected chi connectivity index (χ0v) is 12.3. The molecule has 0 saturated heterocycles. The van der Waals surface area contributed by atoms with Gasteiger partial charge >= 0.3 is 0 Å². The van der Waals surface area contributed by atoms with Gasteiger partial charge in [-0.1, -0.05) is 18.2 Å². The highest BCUT2D eigenvalue weighted by Crippen LogP contribution is 2.29. The van der Waals surface area contributed by atoms with Gasteiger partial charge in [0.05, 0.1) is 17.8 Å². The van der Waals surface area contributed by atoms with Crippen LogP contribution in [0.15, 0.2) is 24.3 Å². The Morgan fingerprint density at radius 2 is 2.30 bits per heavy atom. The molecule has 2 aromatic rings. The number of hydrogen-bond acceptors (Lipinski definition) is 5. The van der Waals surface area contributed by atoms with Crippen LogP contribution in [0.3, 0.4) is 0 Å². The van der Waals surface area contributed by atoms with E-state index in [1.165, 1.54) is 17.1 Å². The Balaban J connectivity index is 1.66. The van der Waals surface area contributed by atoms with Crippen LogP contribution in [0.25, 0.3) is 0 Å². The van der Waals surface area contributed by atoms with E-state index in [2.05, 4.69) is 15.8 Å². The fraction of sp³-hybridized carbons (Fsp3) is 0.333. The third kappa shape index (κ3) is 2.41. The second kappa shape index (κ2) is 5.25. The number of para-hydroxylation sites is 1. The minimum atomic E-state index is 0.0503. The van der Waals surface area contributed by atoms with Gasteiger partial charge in [0, 0.05) is 6.42 Å². The van der Waals surface area contributed by atoms with E-state index in [1.807, 2.05) is 25.1 Å². The Hall–Kier alpha value is -1.88. The molecule has 5 heteroatoms. The molecule has 1 unspecified atom stereocenters. The van der Waals surface area contributed by atoms with Gasteiger partial charge in [0.25, 0.3) is 0 Å². The molecule has 1 atom stereocenters. The quantitative estimate of drug-likeness (QED) is 0.878. The third-order valence-electron chi connectivity index (χ3n) is 3.42. The highest BCUT2D eigenvalue weighted by Gasteiger charge is 2.23. The van der Waals surface area contributed by atoms with Crippen molar-refractivity contribution in [1.29, 1.82) is 0 Å². The molecule has 1 aliphatic rings. The molecule has 1 N–H and O–H groups in total. The van der Waals surface area contributed by atoms with Crippen molar-refractivity contribution in [3.05, 3.63) is 41.1 Å². The van der Waals surface area contributed by atoms with E-state index >= 15 is 0 Å². The second-order valence-corrected chi connectivity index (χ2v) is 5.73. The van der Waals surface area contributed by atoms with E-state index in [0.717, 1.165) is 22.9 Å². The summed E-state index contributed by atoms with van der Waals surface area (Å²) < 4.78 is 10.1. The minimum absolute atomic E-state index is 0.0503. The summed E-state index contributed by atoms with van der Waals surface area (Å²) in [5, 5.41) is 4.14. The molecule has 4 nitrogen and oxygen atoms in total. The maximum atomic E-state index is 11.6. The highest BCUT2D eigenvalue weighted by atomic mass is 32.1. The number of Topliss-reactive ketones (excluding diaryl/α,β-unsaturated/α-hetero) is 1. The molecule has 3 rings (SSSR count). The fourth-order valence-corrected chi connectivity index (χ4v) is 3.33. The number of rotatable bonds is 4. The first-order valence-corrected chi connectivity index (χ1v) is 7.38. The summed E-state index contributed by atoms with van der Waals surface area (Å²) >= 11 is 1.33. The molecule has 1 aromatic carbocycles. The molecule has 20 heavy (non-hydrogen) atoms. The van der Waals surface area contributed by atoms with E-state index in [4.69, 9.17) is 4.74 Å². The third-order valence-corrected chi connectivity index (χ3v) is 4.32. The van der Waals surface area contributed by atoms with Crippen molar-refractivity contribution in [2.45, 2.75) is 26.4 Å². The molecule has 0 radical (unpaired) electrons. The summed E-state index contributed by atoms with van der Waals surface area (Å²) in [6.07, 6.45) is 1.01. The van der Waals surface area contributed by atoms with Gasteiger partial charge in [0.2, 0.25) is 0 Å². The van der Waals surface area contributed by atoms with Crippen LogP contribution in [0.4, 0.5) is 5.00 Å². The van der Waals surface area contributed by atoms with E-state index in [0.29, 0.717) is 12.1 Å². The van der Waals surface area contributed by atoms with Crippen LogP contribution >= 0.6 is 11.5 Å². The lowest BCUT2D eigenvalue weighted by Crippen LogP contribution is -2.24. The molecule has 1 aromatic heterocycles. The van der Waals surface area contributed by atoms with Crippen LogP contribution in [0.5, 0.6) is 5.75 Å². The number of aromatic nitrogens is 1. The summed E-state index contributed by atoms with van der Waals surface area (Å²) in [6, 6.07) is 8.09. The van der Waals surface area contributed by atoms with Gasteiger partial charge in [0.1, 0.15) is 16.9 Å². The Morgan fingerprint density at radius 3 is 3.05 bits per heavy atom. The van der Waals surface area contributed by atoms with Crippen molar-refractivity contribution in [1.82, 2.24) is 4.37 Å². The molecule has 0 bridgehead atoms. The van der Waals surface area contributed by atoms with Crippen LogP contribution in [-0.4, -0.2) is 22.8 Å². The maximum absolute atomic E-state index is 11.6. The fourth-order valence-electron chi connectivity index (χ4n) is 2.48. The molecular formula is C15H16N2O2S. The molecule has 1 aliphatic heterocycles. The van der Waals surface area contributed by atoms with Gasteiger partial charge in [0.15, 0.2) is 5.78 Å². The van der Waals surface area contributed by atoms with E-state index in [1.54, 1.807) is 6.92 Å². The molecule has 2 heterocycles. The van der Waals surface area contributed by atoms with Gasteiger partial charge in [-0.15, -0.1) is 0 Å². The molecule has 0 aliphatic carbocycles. The number of aryl methyl sites for hydroxylation is 1. The van der Waals surface area contributed by atoms with E-state index in [-0.39, 0.29) is 11.9 Å². The average Bonchev–Trinajstić information content (AvgIpc) is 2.99. The van der Waals surface area contributed by atoms with Crippen LogP contribution in [-0.2, 0) is 6.42 Å². The lowest BCUT2D eigenvalue weighted by molar-refractivity contribution is 0.101. The first-order valence-electron chi connectivity index (χ1n) is 6.61. The minimum Gasteiger partial charge on any atom is -0.488 e. The van der Waals surface area contributed by atoms with Crippen LogP contribution in [0.1, 0.15) is 28.5 Å². The monoisotopic (exact) mass is 288 g/mol. The zero-order valence-electron chi connectivity index (χ0n) is 11.5. The van der Waals surface area contributed by atoms with Gasteiger partial charge in [-0.3, -0.25) is 4.79 Å². The number of fused-ring (bicyclic) bond motifs is 1. The smallest absolute Gasteiger partial charge is 0.164 e. The summed E-state index contributed by atoms with van der Waals surface area (Å²) in [6.45, 7) is 4.11. The first-order chi connectivity index (χ1) is 9.65. The molecule has 104 valence electrons. The summed E-state index contributed by atoms with van der Waals surface area (Å²) in [5.41, 5.74) is 2.73. The summed E-state index contributed by atoms with van der Waals surface area (Å²) in [4.78, 5) is 11.6. The zero-order chi connectivity index (χ0) is 14.1. The highest BCUT2D eigenvalue weighted by molar-refractivity contribution is 7.10. The molecule has 0 fully saturated rings. The number of carbonyl (C=O) groups is 1. The molecule has 0 amide bonds. The predicted octanol–water partition coefficient (Wildman–Crippen LogP) is 3.07. The number of carbonyl (C=O) groups excluding carboxylic acids is 1. The number of nitrogens with zero attached hydrogens (tertiary/aromatic N) is 1. The topological polar surface area (TPSA) is 51.2 Å². The summed E-state index contributed by atoms with van der Waals surface area (Å²) in [5.74, 6) is 1.01. The van der Waals surface area contributed by atoms with Gasteiger partial charge in [-0.2, -0.15) is 4.37 Å². The van der Waals surface area contributed by atoms with Crippen molar-refractivity contribution < 1.29 is 9.53 Å². The first kappa shape index (κ1) is 13.1. The predicted molar refractivity (Wildman–Crippen MR) is 79.9 cm³/mol. The van der Waals surface area contributed by atoms with Gasteiger partial charge in [-0.25, -0.2) is 0 Å². The number of benzene rings is 1. The Morgan fingerprint density at radius 1 is 1.50 bits per heavy atom. The SMILES string of the molecule is CC(=O)c1c(C)nsc1NCC1Cc2ccccc2O1. The van der Waals surface area contributed by atoms with Crippen molar-refractivity contribution in [3.63, 3.8) is 0 Å². The average molecular weight is 288 g/mol. The molecular weight excluding hydrogens is 272 g/mol. The lowest BCUT2D eigenvalue weighted by atomic mass is 10.1. The van der Waals surface area contributed by atoms with Crippen LogP contribution < -0.4 is 10.1 Å². The summed E-state index contributed by atoms with van der Waals surface area (Å²) in [7, 11) is 0. The van der Waals surface area contributed by atoms with Crippen molar-refractivity contribution in [2.24, 2.45) is 0 Å². The van der Waals surface area contributed by atoms with Crippen LogP contribution in [0.2, 0.25) is 0 Å². The number of nitrogens with one attached hydrogen (secondary N) is 1.